The Bertz CT molecular complexity index is 297. The average molecular weight is 180 g/mol. The molecule has 1 atom stereocenters. The van der Waals surface area contributed by atoms with Crippen molar-refractivity contribution in [3.63, 3.8) is 0 Å². The summed E-state index contributed by atoms with van der Waals surface area (Å²) >= 11 is 0. The molecule has 1 aliphatic heterocycles. The van der Waals surface area contributed by atoms with Crippen molar-refractivity contribution in [2.45, 2.75) is 33.4 Å². The maximum absolute atomic E-state index is 4.07. The maximum Gasteiger partial charge on any atom is 0.147 e. The summed E-state index contributed by atoms with van der Waals surface area (Å²) in [5, 5.41) is 11.4. The highest BCUT2D eigenvalue weighted by Crippen LogP contribution is 2.31. The highest BCUT2D eigenvalue weighted by Gasteiger charge is 2.30. The minimum Gasteiger partial charge on any atom is -0.312 e. The number of fused-ring (bicyclic) bond motifs is 1. The lowest BCUT2D eigenvalue weighted by Crippen LogP contribution is -2.39. The molecule has 0 fully saturated rings. The molecule has 1 N–H and O–H groups in total. The van der Waals surface area contributed by atoms with Gasteiger partial charge in [0.25, 0.3) is 0 Å². The van der Waals surface area contributed by atoms with E-state index in [0.29, 0.717) is 6.04 Å². The first-order chi connectivity index (χ1) is 6.09. The molecule has 2 heterocycles. The molecule has 0 aliphatic carbocycles. The molecular formula is C9H16N4. The van der Waals surface area contributed by atoms with Gasteiger partial charge in [0, 0.05) is 6.54 Å². The third kappa shape index (κ3) is 1.46. The number of hydrogen-bond donors (Lipinski definition) is 1. The highest BCUT2D eigenvalue weighted by molar-refractivity contribution is 4.97. The van der Waals surface area contributed by atoms with Crippen molar-refractivity contribution in [3.8, 4) is 0 Å². The van der Waals surface area contributed by atoms with Gasteiger partial charge in [-0.3, -0.25) is 0 Å². The van der Waals surface area contributed by atoms with Crippen LogP contribution in [0.25, 0.3) is 0 Å². The van der Waals surface area contributed by atoms with Gasteiger partial charge in [-0.15, -0.1) is 10.2 Å². The van der Waals surface area contributed by atoms with Crippen LogP contribution < -0.4 is 5.32 Å². The molecule has 1 aromatic heterocycles. The van der Waals surface area contributed by atoms with Crippen LogP contribution >= 0.6 is 0 Å². The van der Waals surface area contributed by atoms with Crippen molar-refractivity contribution in [3.05, 3.63) is 12.2 Å². The van der Waals surface area contributed by atoms with Crippen molar-refractivity contribution in [1.29, 1.82) is 0 Å². The second-order valence-corrected chi connectivity index (χ2v) is 4.67. The smallest absolute Gasteiger partial charge is 0.147 e. The Kier molecular flexibility index (Phi) is 1.87. The zero-order chi connectivity index (χ0) is 9.47. The normalized spacial score (nSPS) is 22.8. The average Bonchev–Trinajstić information content (AvgIpc) is 2.48. The molecule has 0 saturated carbocycles. The van der Waals surface area contributed by atoms with E-state index in [1.54, 1.807) is 0 Å². The van der Waals surface area contributed by atoms with Crippen molar-refractivity contribution < 1.29 is 0 Å². The summed E-state index contributed by atoms with van der Waals surface area (Å²) < 4.78 is 2.19. The monoisotopic (exact) mass is 180 g/mol. The molecule has 4 nitrogen and oxygen atoms in total. The number of hydrogen-bond acceptors (Lipinski definition) is 3. The van der Waals surface area contributed by atoms with Gasteiger partial charge < -0.3 is 9.88 Å². The van der Waals surface area contributed by atoms with Crippen LogP contribution in [-0.4, -0.2) is 21.3 Å². The Morgan fingerprint density at radius 3 is 3.00 bits per heavy atom. The van der Waals surface area contributed by atoms with E-state index < -0.39 is 0 Å². The van der Waals surface area contributed by atoms with Crippen LogP contribution in [-0.2, 0) is 6.54 Å². The molecule has 0 bridgehead atoms. The third-order valence-corrected chi connectivity index (χ3v) is 2.60. The quantitative estimate of drug-likeness (QED) is 0.647. The molecule has 0 spiro atoms. The number of nitrogens with one attached hydrogen (secondary N) is 1. The van der Waals surface area contributed by atoms with E-state index in [2.05, 4.69) is 40.9 Å². The van der Waals surface area contributed by atoms with Gasteiger partial charge in [0.2, 0.25) is 0 Å². The largest absolute Gasteiger partial charge is 0.312 e. The fourth-order valence-electron chi connectivity index (χ4n) is 1.80. The Morgan fingerprint density at radius 2 is 2.31 bits per heavy atom. The lowest BCUT2D eigenvalue weighted by Gasteiger charge is -2.35. The highest BCUT2D eigenvalue weighted by atomic mass is 15.3. The Balaban J connectivity index is 2.35. The van der Waals surface area contributed by atoms with Crippen molar-refractivity contribution in [1.82, 2.24) is 20.1 Å². The van der Waals surface area contributed by atoms with Gasteiger partial charge in [-0.25, -0.2) is 0 Å². The molecule has 0 radical (unpaired) electrons. The topological polar surface area (TPSA) is 42.7 Å². The van der Waals surface area contributed by atoms with Crippen LogP contribution in [0.15, 0.2) is 6.33 Å². The van der Waals surface area contributed by atoms with Gasteiger partial charge in [0.1, 0.15) is 12.2 Å². The van der Waals surface area contributed by atoms with E-state index in [1.165, 1.54) is 0 Å². The van der Waals surface area contributed by atoms with Gasteiger partial charge in [0.05, 0.1) is 12.6 Å². The first kappa shape index (κ1) is 8.69. The van der Waals surface area contributed by atoms with Crippen LogP contribution in [0, 0.1) is 5.41 Å². The third-order valence-electron chi connectivity index (χ3n) is 2.60. The van der Waals surface area contributed by atoms with Crippen LogP contribution in [0.1, 0.15) is 32.6 Å². The molecule has 72 valence electrons. The summed E-state index contributed by atoms with van der Waals surface area (Å²) in [6, 6.07) is 0.464. The molecule has 1 aromatic rings. The number of rotatable bonds is 0. The van der Waals surface area contributed by atoms with Gasteiger partial charge in [-0.2, -0.15) is 0 Å². The Labute approximate surface area is 78.4 Å². The van der Waals surface area contributed by atoms with Gasteiger partial charge in [-0.1, -0.05) is 20.8 Å². The summed E-state index contributed by atoms with van der Waals surface area (Å²) in [6.45, 7) is 8.58. The second kappa shape index (κ2) is 2.80. The summed E-state index contributed by atoms with van der Waals surface area (Å²) in [5.41, 5.74) is 0.255. The SMILES string of the molecule is CC(C)(C)C1CNCc2nncn21. The van der Waals surface area contributed by atoms with Crippen molar-refractivity contribution in [2.24, 2.45) is 5.41 Å². The lowest BCUT2D eigenvalue weighted by atomic mass is 9.86. The lowest BCUT2D eigenvalue weighted by molar-refractivity contribution is 0.211. The van der Waals surface area contributed by atoms with Gasteiger partial charge >= 0.3 is 0 Å². The Hall–Kier alpha value is -0.900. The fourth-order valence-corrected chi connectivity index (χ4v) is 1.80. The minimum absolute atomic E-state index is 0.255. The first-order valence-corrected chi connectivity index (χ1v) is 4.68. The summed E-state index contributed by atoms with van der Waals surface area (Å²) in [7, 11) is 0. The molecule has 0 saturated heterocycles. The van der Waals surface area contributed by atoms with Crippen LogP contribution in [0.5, 0.6) is 0 Å². The molecule has 1 unspecified atom stereocenters. The number of aromatic nitrogens is 3. The van der Waals surface area contributed by atoms with Crippen molar-refractivity contribution in [2.75, 3.05) is 6.54 Å². The predicted octanol–water partition coefficient (Wildman–Crippen LogP) is 0.968. The minimum atomic E-state index is 0.255. The van der Waals surface area contributed by atoms with E-state index >= 15 is 0 Å². The molecule has 13 heavy (non-hydrogen) atoms. The van der Waals surface area contributed by atoms with E-state index in [-0.39, 0.29) is 5.41 Å². The zero-order valence-electron chi connectivity index (χ0n) is 8.41. The molecule has 4 heteroatoms. The van der Waals surface area contributed by atoms with E-state index in [9.17, 15) is 0 Å². The maximum atomic E-state index is 4.07. The molecule has 2 rings (SSSR count). The van der Waals surface area contributed by atoms with Crippen LogP contribution in [0.2, 0.25) is 0 Å². The standard InChI is InChI=1S/C9H16N4/c1-9(2,3)7-4-10-5-8-12-11-6-13(7)8/h6-7,10H,4-5H2,1-3H3. The van der Waals surface area contributed by atoms with E-state index in [1.807, 2.05) is 6.33 Å². The first-order valence-electron chi connectivity index (χ1n) is 4.68. The number of nitrogens with zero attached hydrogens (tertiary/aromatic N) is 3. The van der Waals surface area contributed by atoms with Crippen LogP contribution in [0.3, 0.4) is 0 Å². The zero-order valence-corrected chi connectivity index (χ0v) is 8.41. The fraction of sp³-hybridized carbons (Fsp3) is 0.778. The van der Waals surface area contributed by atoms with Crippen molar-refractivity contribution >= 4 is 0 Å². The second-order valence-electron chi connectivity index (χ2n) is 4.67. The van der Waals surface area contributed by atoms with E-state index in [0.717, 1.165) is 18.9 Å². The van der Waals surface area contributed by atoms with Crippen LogP contribution in [0.4, 0.5) is 0 Å². The Morgan fingerprint density at radius 1 is 1.54 bits per heavy atom. The van der Waals surface area contributed by atoms with Gasteiger partial charge in [-0.05, 0) is 5.41 Å². The molecular weight excluding hydrogens is 164 g/mol. The predicted molar refractivity (Wildman–Crippen MR) is 50.2 cm³/mol. The summed E-state index contributed by atoms with van der Waals surface area (Å²) in [5.74, 6) is 1.05. The van der Waals surface area contributed by atoms with E-state index in [4.69, 9.17) is 0 Å². The van der Waals surface area contributed by atoms with Gasteiger partial charge in [0.15, 0.2) is 0 Å². The molecule has 1 aliphatic rings. The molecule has 0 aromatic carbocycles. The summed E-state index contributed by atoms with van der Waals surface area (Å²) in [6.07, 6.45) is 1.84. The summed E-state index contributed by atoms with van der Waals surface area (Å²) in [4.78, 5) is 0. The molecule has 0 amide bonds.